The van der Waals surface area contributed by atoms with Crippen LogP contribution in [-0.2, 0) is 14.3 Å². The number of hydrogen-bond donors (Lipinski definition) is 1. The van der Waals surface area contributed by atoms with E-state index in [1.54, 1.807) is 11.0 Å². The molecule has 1 aliphatic rings. The van der Waals surface area contributed by atoms with Crippen LogP contribution in [0.5, 0.6) is 0 Å². The summed E-state index contributed by atoms with van der Waals surface area (Å²) in [5.41, 5.74) is 0. The van der Waals surface area contributed by atoms with Crippen LogP contribution < -0.4 is 0 Å². The van der Waals surface area contributed by atoms with Crippen LogP contribution in [0.1, 0.15) is 19.3 Å². The second kappa shape index (κ2) is 6.27. The van der Waals surface area contributed by atoms with Gasteiger partial charge in [0.25, 0.3) is 0 Å². The van der Waals surface area contributed by atoms with E-state index in [9.17, 15) is 9.59 Å². The van der Waals surface area contributed by atoms with Crippen molar-refractivity contribution >= 4 is 11.9 Å². The standard InChI is InChI=1S/C11H17NO4/c1-2-3-4-10(13)12-5-6-16-9(8-12)7-11(14)15/h2,9H,1,3-8H2,(H,14,15). The van der Waals surface area contributed by atoms with E-state index in [0.29, 0.717) is 32.5 Å². The first-order valence-corrected chi connectivity index (χ1v) is 5.35. The fourth-order valence-electron chi connectivity index (χ4n) is 1.65. The van der Waals surface area contributed by atoms with Gasteiger partial charge in [-0.2, -0.15) is 0 Å². The molecule has 1 fully saturated rings. The van der Waals surface area contributed by atoms with Gasteiger partial charge in [0.05, 0.1) is 19.1 Å². The monoisotopic (exact) mass is 227 g/mol. The number of carbonyl (C=O) groups is 2. The predicted octanol–water partition coefficient (Wildman–Crippen LogP) is 0.655. The van der Waals surface area contributed by atoms with Crippen molar-refractivity contribution in [1.82, 2.24) is 4.90 Å². The lowest BCUT2D eigenvalue weighted by Gasteiger charge is -2.32. The molecule has 1 aliphatic heterocycles. The fraction of sp³-hybridized carbons (Fsp3) is 0.636. The maximum Gasteiger partial charge on any atom is 0.306 e. The van der Waals surface area contributed by atoms with Crippen LogP contribution in [0.15, 0.2) is 12.7 Å². The number of aliphatic carboxylic acids is 1. The molecule has 0 aromatic rings. The number of rotatable bonds is 5. The summed E-state index contributed by atoms with van der Waals surface area (Å²) in [6, 6.07) is 0. The van der Waals surface area contributed by atoms with Crippen molar-refractivity contribution in [3.8, 4) is 0 Å². The molecular weight excluding hydrogens is 210 g/mol. The molecule has 1 amide bonds. The number of carboxylic acid groups (broad SMARTS) is 1. The molecule has 1 saturated heterocycles. The topological polar surface area (TPSA) is 66.8 Å². The first-order chi connectivity index (χ1) is 7.63. The SMILES string of the molecule is C=CCCC(=O)N1CCOC(CC(=O)O)C1. The Labute approximate surface area is 94.7 Å². The van der Waals surface area contributed by atoms with Crippen LogP contribution in [0.4, 0.5) is 0 Å². The molecular formula is C11H17NO4. The zero-order valence-electron chi connectivity index (χ0n) is 9.22. The minimum Gasteiger partial charge on any atom is -0.481 e. The second-order valence-electron chi connectivity index (χ2n) is 3.76. The number of allylic oxidation sites excluding steroid dienone is 1. The van der Waals surface area contributed by atoms with Gasteiger partial charge in [0.1, 0.15) is 0 Å². The first-order valence-electron chi connectivity index (χ1n) is 5.35. The van der Waals surface area contributed by atoms with Gasteiger partial charge in [-0.25, -0.2) is 0 Å². The molecule has 5 nitrogen and oxygen atoms in total. The van der Waals surface area contributed by atoms with E-state index in [1.807, 2.05) is 0 Å². The van der Waals surface area contributed by atoms with Crippen molar-refractivity contribution in [2.24, 2.45) is 0 Å². The van der Waals surface area contributed by atoms with Crippen molar-refractivity contribution in [3.05, 3.63) is 12.7 Å². The number of nitrogens with zero attached hydrogens (tertiary/aromatic N) is 1. The average Bonchev–Trinajstić information content (AvgIpc) is 2.25. The highest BCUT2D eigenvalue weighted by Gasteiger charge is 2.25. The van der Waals surface area contributed by atoms with Crippen LogP contribution in [0.2, 0.25) is 0 Å². The summed E-state index contributed by atoms with van der Waals surface area (Å²) in [6.45, 7) is 4.90. The molecule has 16 heavy (non-hydrogen) atoms. The Kier molecular flexibility index (Phi) is 4.98. The molecule has 1 N–H and O–H groups in total. The third kappa shape index (κ3) is 4.02. The molecule has 0 aromatic heterocycles. The molecule has 1 heterocycles. The molecule has 5 heteroatoms. The van der Waals surface area contributed by atoms with E-state index in [4.69, 9.17) is 9.84 Å². The van der Waals surface area contributed by atoms with E-state index in [-0.39, 0.29) is 18.4 Å². The van der Waals surface area contributed by atoms with Crippen LogP contribution in [0.3, 0.4) is 0 Å². The highest BCUT2D eigenvalue weighted by molar-refractivity contribution is 5.76. The fourth-order valence-corrected chi connectivity index (χ4v) is 1.65. The van der Waals surface area contributed by atoms with Crippen LogP contribution in [-0.4, -0.2) is 47.7 Å². The van der Waals surface area contributed by atoms with Crippen LogP contribution >= 0.6 is 0 Å². The minimum atomic E-state index is -0.898. The number of amides is 1. The zero-order chi connectivity index (χ0) is 12.0. The molecule has 0 bridgehead atoms. The van der Waals surface area contributed by atoms with Gasteiger partial charge in [0.2, 0.25) is 5.91 Å². The molecule has 1 atom stereocenters. The molecule has 0 saturated carbocycles. The molecule has 0 aromatic carbocycles. The lowest BCUT2D eigenvalue weighted by Crippen LogP contribution is -2.46. The Morgan fingerprint density at radius 1 is 1.56 bits per heavy atom. The second-order valence-corrected chi connectivity index (χ2v) is 3.76. The number of morpholine rings is 1. The molecule has 1 rings (SSSR count). The van der Waals surface area contributed by atoms with Gasteiger partial charge >= 0.3 is 5.97 Å². The van der Waals surface area contributed by atoms with E-state index in [0.717, 1.165) is 0 Å². The van der Waals surface area contributed by atoms with E-state index in [1.165, 1.54) is 0 Å². The van der Waals surface area contributed by atoms with Gasteiger partial charge < -0.3 is 14.7 Å². The number of ether oxygens (including phenoxy) is 1. The van der Waals surface area contributed by atoms with Crippen molar-refractivity contribution in [1.29, 1.82) is 0 Å². The number of carbonyl (C=O) groups excluding carboxylic acids is 1. The normalized spacial score (nSPS) is 20.5. The van der Waals surface area contributed by atoms with E-state index < -0.39 is 5.97 Å². The summed E-state index contributed by atoms with van der Waals surface area (Å²) >= 11 is 0. The molecule has 0 aliphatic carbocycles. The number of hydrogen-bond acceptors (Lipinski definition) is 3. The van der Waals surface area contributed by atoms with Gasteiger partial charge in [-0.15, -0.1) is 6.58 Å². The van der Waals surface area contributed by atoms with Gasteiger partial charge in [0, 0.05) is 19.5 Å². The van der Waals surface area contributed by atoms with Gasteiger partial charge in [-0.1, -0.05) is 6.08 Å². The zero-order valence-corrected chi connectivity index (χ0v) is 9.22. The Balaban J connectivity index is 2.40. The van der Waals surface area contributed by atoms with Gasteiger partial charge in [0.15, 0.2) is 0 Å². The smallest absolute Gasteiger partial charge is 0.306 e. The van der Waals surface area contributed by atoms with Gasteiger partial charge in [-0.3, -0.25) is 9.59 Å². The Morgan fingerprint density at radius 3 is 2.94 bits per heavy atom. The van der Waals surface area contributed by atoms with Gasteiger partial charge in [-0.05, 0) is 6.42 Å². The quantitative estimate of drug-likeness (QED) is 0.700. The summed E-state index contributed by atoms with van der Waals surface area (Å²) < 4.78 is 5.28. The third-order valence-electron chi connectivity index (χ3n) is 2.46. The summed E-state index contributed by atoms with van der Waals surface area (Å²) in [6.07, 6.45) is 2.36. The summed E-state index contributed by atoms with van der Waals surface area (Å²) in [7, 11) is 0. The number of carboxylic acids is 1. The summed E-state index contributed by atoms with van der Waals surface area (Å²) in [5.74, 6) is -0.857. The summed E-state index contributed by atoms with van der Waals surface area (Å²) in [4.78, 5) is 23.9. The minimum absolute atomic E-state index is 0.0404. The molecule has 1 unspecified atom stereocenters. The predicted molar refractivity (Wildman–Crippen MR) is 58.0 cm³/mol. The molecule has 0 radical (unpaired) electrons. The Bertz CT molecular complexity index is 277. The Hall–Kier alpha value is -1.36. The highest BCUT2D eigenvalue weighted by Crippen LogP contribution is 2.10. The van der Waals surface area contributed by atoms with E-state index >= 15 is 0 Å². The average molecular weight is 227 g/mol. The lowest BCUT2D eigenvalue weighted by molar-refractivity contribution is -0.147. The summed E-state index contributed by atoms with van der Waals surface area (Å²) in [5, 5.41) is 8.64. The highest BCUT2D eigenvalue weighted by atomic mass is 16.5. The molecule has 90 valence electrons. The van der Waals surface area contributed by atoms with Crippen molar-refractivity contribution in [3.63, 3.8) is 0 Å². The third-order valence-corrected chi connectivity index (χ3v) is 2.46. The molecule has 0 spiro atoms. The Morgan fingerprint density at radius 2 is 2.31 bits per heavy atom. The van der Waals surface area contributed by atoms with Crippen molar-refractivity contribution < 1.29 is 19.4 Å². The van der Waals surface area contributed by atoms with Crippen molar-refractivity contribution in [2.75, 3.05) is 19.7 Å². The maximum absolute atomic E-state index is 11.7. The van der Waals surface area contributed by atoms with E-state index in [2.05, 4.69) is 6.58 Å². The largest absolute Gasteiger partial charge is 0.481 e. The van der Waals surface area contributed by atoms with Crippen LogP contribution in [0.25, 0.3) is 0 Å². The van der Waals surface area contributed by atoms with Crippen molar-refractivity contribution in [2.45, 2.75) is 25.4 Å². The maximum atomic E-state index is 11.7. The van der Waals surface area contributed by atoms with Crippen LogP contribution in [0, 0.1) is 0 Å². The lowest BCUT2D eigenvalue weighted by atomic mass is 10.2. The first kappa shape index (κ1) is 12.7.